The van der Waals surface area contributed by atoms with Gasteiger partial charge in [0.1, 0.15) is 10.8 Å². The molecule has 33 heavy (non-hydrogen) atoms. The van der Waals surface area contributed by atoms with Gasteiger partial charge in [-0.3, -0.25) is 4.79 Å². The van der Waals surface area contributed by atoms with Crippen molar-refractivity contribution < 1.29 is 28.6 Å². The third-order valence-electron chi connectivity index (χ3n) is 5.33. The summed E-state index contributed by atoms with van der Waals surface area (Å²) in [6, 6.07) is 6.92. The molecule has 1 aliphatic rings. The van der Waals surface area contributed by atoms with E-state index in [1.54, 1.807) is 36.1 Å². The zero-order valence-electron chi connectivity index (χ0n) is 19.3. The van der Waals surface area contributed by atoms with Gasteiger partial charge >= 0.3 is 12.1 Å². The number of methoxy groups -OCH3 is 1. The fourth-order valence-corrected chi connectivity index (χ4v) is 4.86. The van der Waals surface area contributed by atoms with E-state index in [0.29, 0.717) is 48.0 Å². The van der Waals surface area contributed by atoms with Crippen molar-refractivity contribution >= 4 is 34.3 Å². The Morgan fingerprint density at radius 1 is 1.12 bits per heavy atom. The van der Waals surface area contributed by atoms with E-state index in [2.05, 4.69) is 12.2 Å². The maximum Gasteiger partial charge on any atom is 0.409 e. The summed E-state index contributed by atoms with van der Waals surface area (Å²) in [5.41, 5.74) is 1.63. The number of unbranched alkanes of at least 4 members (excludes halogenated alkanes) is 2. The van der Waals surface area contributed by atoms with Crippen LogP contribution in [0, 0.1) is 0 Å². The molecule has 0 radical (unpaired) electrons. The predicted octanol–water partition coefficient (Wildman–Crippen LogP) is 4.87. The number of hydrogen-bond donors (Lipinski definition) is 1. The number of thiophene rings is 1. The zero-order valence-corrected chi connectivity index (χ0v) is 20.1. The van der Waals surface area contributed by atoms with E-state index in [1.165, 1.54) is 18.4 Å². The second kappa shape index (κ2) is 11.7. The maximum atomic E-state index is 12.9. The van der Waals surface area contributed by atoms with Gasteiger partial charge in [-0.2, -0.15) is 0 Å². The number of benzene rings is 1. The average Bonchev–Trinajstić information content (AvgIpc) is 3.18. The van der Waals surface area contributed by atoms with Crippen LogP contribution in [0.25, 0.3) is 0 Å². The van der Waals surface area contributed by atoms with E-state index in [4.69, 9.17) is 14.2 Å². The highest BCUT2D eigenvalue weighted by Gasteiger charge is 2.31. The number of esters is 1. The van der Waals surface area contributed by atoms with E-state index < -0.39 is 12.1 Å². The fourth-order valence-electron chi connectivity index (χ4n) is 3.62. The number of nitrogens with zero attached hydrogens (tertiary/aromatic N) is 1. The van der Waals surface area contributed by atoms with Crippen LogP contribution in [-0.4, -0.2) is 49.7 Å². The minimum absolute atomic E-state index is 0.227. The SMILES string of the molecule is CCCCCOc1ccc(C(=O)Nc2sc3c(c2C(=O)OCC)CCN(C(=O)OC)C3)cc1. The van der Waals surface area contributed by atoms with Gasteiger partial charge in [-0.05, 0) is 49.6 Å². The van der Waals surface area contributed by atoms with Gasteiger partial charge in [-0.1, -0.05) is 19.8 Å². The lowest BCUT2D eigenvalue weighted by molar-refractivity contribution is 0.0526. The molecule has 0 saturated carbocycles. The molecular formula is C24H30N2O6S. The molecule has 9 heteroatoms. The van der Waals surface area contributed by atoms with Crippen molar-refractivity contribution in [3.05, 3.63) is 45.8 Å². The molecule has 0 atom stereocenters. The molecule has 0 spiro atoms. The van der Waals surface area contributed by atoms with Gasteiger partial charge in [-0.15, -0.1) is 11.3 Å². The van der Waals surface area contributed by atoms with Crippen LogP contribution < -0.4 is 10.1 Å². The van der Waals surface area contributed by atoms with Crippen molar-refractivity contribution in [2.75, 3.05) is 32.2 Å². The van der Waals surface area contributed by atoms with Crippen LogP contribution in [0.1, 0.15) is 64.3 Å². The van der Waals surface area contributed by atoms with Crippen LogP contribution in [0.2, 0.25) is 0 Å². The largest absolute Gasteiger partial charge is 0.494 e. The highest BCUT2D eigenvalue weighted by Crippen LogP contribution is 2.38. The summed E-state index contributed by atoms with van der Waals surface area (Å²) in [5, 5.41) is 3.29. The molecule has 0 aliphatic carbocycles. The number of ether oxygens (including phenoxy) is 3. The molecule has 1 aromatic carbocycles. The topological polar surface area (TPSA) is 94.2 Å². The summed E-state index contributed by atoms with van der Waals surface area (Å²) in [5.74, 6) is -0.0986. The van der Waals surface area contributed by atoms with Gasteiger partial charge < -0.3 is 24.4 Å². The van der Waals surface area contributed by atoms with Gasteiger partial charge in [0.2, 0.25) is 0 Å². The Morgan fingerprint density at radius 3 is 2.55 bits per heavy atom. The molecule has 2 heterocycles. The number of amides is 2. The molecular weight excluding hydrogens is 444 g/mol. The summed E-state index contributed by atoms with van der Waals surface area (Å²) in [7, 11) is 1.34. The molecule has 1 N–H and O–H groups in total. The van der Waals surface area contributed by atoms with Crippen molar-refractivity contribution in [3.8, 4) is 5.75 Å². The number of nitrogens with one attached hydrogen (secondary N) is 1. The molecule has 2 aromatic rings. The number of anilines is 1. The smallest absolute Gasteiger partial charge is 0.409 e. The van der Waals surface area contributed by atoms with Crippen LogP contribution in [0.4, 0.5) is 9.80 Å². The second-order valence-electron chi connectivity index (χ2n) is 7.60. The molecule has 1 aromatic heterocycles. The number of hydrogen-bond acceptors (Lipinski definition) is 7. The summed E-state index contributed by atoms with van der Waals surface area (Å²) < 4.78 is 15.8. The van der Waals surface area contributed by atoms with Crippen molar-refractivity contribution in [3.63, 3.8) is 0 Å². The molecule has 8 nitrogen and oxygen atoms in total. The Labute approximate surface area is 197 Å². The van der Waals surface area contributed by atoms with Crippen LogP contribution >= 0.6 is 11.3 Å². The number of fused-ring (bicyclic) bond motifs is 1. The zero-order chi connectivity index (χ0) is 23.8. The van der Waals surface area contributed by atoms with E-state index in [0.717, 1.165) is 29.7 Å². The molecule has 178 valence electrons. The monoisotopic (exact) mass is 474 g/mol. The lowest BCUT2D eigenvalue weighted by Crippen LogP contribution is -2.35. The van der Waals surface area contributed by atoms with Crippen LogP contribution in [0.3, 0.4) is 0 Å². The van der Waals surface area contributed by atoms with Gasteiger partial charge in [-0.25, -0.2) is 9.59 Å². The third kappa shape index (κ3) is 6.04. The number of carbonyl (C=O) groups excluding carboxylic acids is 3. The maximum absolute atomic E-state index is 12.9. The number of rotatable bonds is 9. The Hall–Kier alpha value is -3.07. The molecule has 1 aliphatic heterocycles. The van der Waals surface area contributed by atoms with Crippen molar-refractivity contribution in [2.45, 2.75) is 46.1 Å². The van der Waals surface area contributed by atoms with E-state index in [1.807, 2.05) is 0 Å². The van der Waals surface area contributed by atoms with Gasteiger partial charge in [0.05, 0.1) is 32.4 Å². The first-order valence-corrected chi connectivity index (χ1v) is 12.0. The van der Waals surface area contributed by atoms with Gasteiger partial charge in [0, 0.05) is 17.0 Å². The lowest BCUT2D eigenvalue weighted by atomic mass is 10.0. The molecule has 0 bridgehead atoms. The van der Waals surface area contributed by atoms with E-state index >= 15 is 0 Å². The number of carbonyl (C=O) groups is 3. The highest BCUT2D eigenvalue weighted by atomic mass is 32.1. The van der Waals surface area contributed by atoms with Crippen molar-refractivity contribution in [2.24, 2.45) is 0 Å². The Balaban J connectivity index is 1.76. The Bertz CT molecular complexity index is 986. The Kier molecular flexibility index (Phi) is 8.71. The minimum atomic E-state index is -0.479. The first-order valence-electron chi connectivity index (χ1n) is 11.2. The van der Waals surface area contributed by atoms with E-state index in [9.17, 15) is 14.4 Å². The molecule has 0 unspecified atom stereocenters. The van der Waals surface area contributed by atoms with Crippen LogP contribution in [0.5, 0.6) is 5.75 Å². The highest BCUT2D eigenvalue weighted by molar-refractivity contribution is 7.17. The third-order valence-corrected chi connectivity index (χ3v) is 6.46. The summed E-state index contributed by atoms with van der Waals surface area (Å²) in [6.45, 7) is 5.49. The molecule has 3 rings (SSSR count). The van der Waals surface area contributed by atoms with Gasteiger partial charge in [0.15, 0.2) is 0 Å². The average molecular weight is 475 g/mol. The fraction of sp³-hybridized carbons (Fsp3) is 0.458. The quantitative estimate of drug-likeness (QED) is 0.412. The van der Waals surface area contributed by atoms with Crippen LogP contribution in [0.15, 0.2) is 24.3 Å². The second-order valence-corrected chi connectivity index (χ2v) is 8.71. The van der Waals surface area contributed by atoms with Gasteiger partial charge in [0.25, 0.3) is 5.91 Å². The summed E-state index contributed by atoms with van der Waals surface area (Å²) >= 11 is 1.28. The summed E-state index contributed by atoms with van der Waals surface area (Å²) in [6.07, 6.45) is 3.30. The van der Waals surface area contributed by atoms with E-state index in [-0.39, 0.29) is 12.5 Å². The van der Waals surface area contributed by atoms with Crippen molar-refractivity contribution in [1.82, 2.24) is 4.90 Å². The molecule has 0 saturated heterocycles. The predicted molar refractivity (Wildman–Crippen MR) is 126 cm³/mol. The standard InChI is InChI=1S/C24H30N2O6S/c1-4-6-7-14-32-17-10-8-16(9-11-17)21(27)25-22-20(23(28)31-5-2)18-12-13-26(24(29)30-3)15-19(18)33-22/h8-11H,4-7,12-15H2,1-3H3,(H,25,27). The van der Waals surface area contributed by atoms with Crippen molar-refractivity contribution in [1.29, 1.82) is 0 Å². The minimum Gasteiger partial charge on any atom is -0.494 e. The Morgan fingerprint density at radius 2 is 1.88 bits per heavy atom. The lowest BCUT2D eigenvalue weighted by Gasteiger charge is -2.25. The molecule has 2 amide bonds. The normalized spacial score (nSPS) is 12.6. The first-order chi connectivity index (χ1) is 16.0. The summed E-state index contributed by atoms with van der Waals surface area (Å²) in [4.78, 5) is 39.9. The molecule has 0 fully saturated rings. The van der Waals surface area contributed by atoms with Crippen LogP contribution in [-0.2, 0) is 22.4 Å². The first kappa shape index (κ1) is 24.6.